The van der Waals surface area contributed by atoms with Crippen LogP contribution in [0.4, 0.5) is 4.39 Å². The van der Waals surface area contributed by atoms with E-state index in [0.29, 0.717) is 25.2 Å². The van der Waals surface area contributed by atoms with Gasteiger partial charge in [0.1, 0.15) is 5.82 Å². The summed E-state index contributed by atoms with van der Waals surface area (Å²) in [4.78, 5) is 14.7. The van der Waals surface area contributed by atoms with Gasteiger partial charge in [0.15, 0.2) is 0 Å². The van der Waals surface area contributed by atoms with E-state index < -0.39 is 5.82 Å². The number of nitrogens with one attached hydrogen (secondary N) is 1. The number of carbonyl (C=O) groups is 1. The third-order valence-electron chi connectivity index (χ3n) is 5.85. The highest BCUT2D eigenvalue weighted by molar-refractivity contribution is 5.95. The third kappa shape index (κ3) is 4.02. The number of rotatable bonds is 2. The Bertz CT molecular complexity index is 854. The lowest BCUT2D eigenvalue weighted by atomic mass is 9.99. The Hall–Kier alpha value is -1.91. The number of fused-ring (bicyclic) bond motifs is 2. The van der Waals surface area contributed by atoms with Gasteiger partial charge in [-0.1, -0.05) is 24.3 Å². The van der Waals surface area contributed by atoms with Gasteiger partial charge in [0.2, 0.25) is 0 Å². The van der Waals surface area contributed by atoms with Crippen molar-refractivity contribution in [3.63, 3.8) is 0 Å². The lowest BCUT2D eigenvalue weighted by molar-refractivity contribution is 0.0743. The van der Waals surface area contributed by atoms with Crippen molar-refractivity contribution < 1.29 is 9.18 Å². The largest absolute Gasteiger partial charge is 0.337 e. The second kappa shape index (κ2) is 7.99. The normalized spacial score (nSPS) is 21.5. The molecule has 0 spiro atoms. The van der Waals surface area contributed by atoms with Crippen molar-refractivity contribution in [3.05, 3.63) is 58.9 Å². The molecule has 1 N–H and O–H groups in total. The molecule has 2 atom stereocenters. The van der Waals surface area contributed by atoms with Crippen molar-refractivity contribution in [2.75, 3.05) is 13.1 Å². The number of nitrogens with zero attached hydrogens (tertiary/aromatic N) is 1. The van der Waals surface area contributed by atoms with Crippen LogP contribution in [-0.4, -0.2) is 36.0 Å². The van der Waals surface area contributed by atoms with Gasteiger partial charge < -0.3 is 10.2 Å². The molecule has 2 aromatic carbocycles. The zero-order valence-corrected chi connectivity index (χ0v) is 16.6. The van der Waals surface area contributed by atoms with Gasteiger partial charge in [-0.05, 0) is 67.5 Å². The van der Waals surface area contributed by atoms with E-state index in [0.717, 1.165) is 24.0 Å². The number of aryl methyl sites for hydroxylation is 2. The number of hydrogen-bond donors (Lipinski definition) is 1. The van der Waals surface area contributed by atoms with Gasteiger partial charge in [0.05, 0.1) is 5.56 Å². The molecular formula is C22H26ClFN2O. The number of hydrogen-bond acceptors (Lipinski definition) is 2. The Kier molecular flexibility index (Phi) is 5.87. The van der Waals surface area contributed by atoms with Crippen LogP contribution in [-0.2, 0) is 0 Å². The highest BCUT2D eigenvalue weighted by Crippen LogP contribution is 2.26. The second-order valence-corrected chi connectivity index (χ2v) is 7.67. The molecule has 2 aliphatic rings. The highest BCUT2D eigenvalue weighted by Gasteiger charge is 2.32. The average molecular weight is 389 g/mol. The molecule has 27 heavy (non-hydrogen) atoms. The van der Waals surface area contributed by atoms with Crippen LogP contribution in [0.5, 0.6) is 0 Å². The lowest BCUT2D eigenvalue weighted by Gasteiger charge is -2.24. The van der Waals surface area contributed by atoms with Crippen molar-refractivity contribution in [3.8, 4) is 11.1 Å². The number of benzene rings is 2. The summed E-state index contributed by atoms with van der Waals surface area (Å²) in [5, 5.41) is 3.56. The monoisotopic (exact) mass is 388 g/mol. The van der Waals surface area contributed by atoms with E-state index in [9.17, 15) is 9.18 Å². The molecule has 2 aromatic rings. The Balaban J connectivity index is 0.00000210. The van der Waals surface area contributed by atoms with Gasteiger partial charge >= 0.3 is 0 Å². The van der Waals surface area contributed by atoms with Gasteiger partial charge in [-0.3, -0.25) is 4.79 Å². The van der Waals surface area contributed by atoms with Crippen LogP contribution in [0.1, 0.15) is 40.7 Å². The standard InChI is InChI=1S/C22H25FN2O.ClH/c1-14-3-4-16(11-15(14)2)17-5-8-20(21(23)12-17)22(26)25-10-9-18-6-7-19(13-25)24-18;/h3-5,8,11-12,18-19,24H,6-7,9-10,13H2,1-2H3;1H. The molecule has 5 heteroatoms. The summed E-state index contributed by atoms with van der Waals surface area (Å²) in [5.41, 5.74) is 4.34. The van der Waals surface area contributed by atoms with Gasteiger partial charge in [0, 0.05) is 25.2 Å². The predicted octanol–water partition coefficient (Wildman–Crippen LogP) is 4.50. The molecule has 3 nitrogen and oxygen atoms in total. The number of halogens is 2. The van der Waals surface area contributed by atoms with Gasteiger partial charge in [-0.15, -0.1) is 12.4 Å². The molecule has 2 bridgehead atoms. The summed E-state index contributed by atoms with van der Waals surface area (Å²) in [6.45, 7) is 5.48. The maximum absolute atomic E-state index is 14.7. The second-order valence-electron chi connectivity index (χ2n) is 7.67. The van der Waals surface area contributed by atoms with Crippen LogP contribution in [0.25, 0.3) is 11.1 Å². The average Bonchev–Trinajstić information content (AvgIpc) is 2.95. The highest BCUT2D eigenvalue weighted by atomic mass is 35.5. The molecule has 0 aliphatic carbocycles. The summed E-state index contributed by atoms with van der Waals surface area (Å²) in [7, 11) is 0. The summed E-state index contributed by atoms with van der Waals surface area (Å²) < 4.78 is 14.7. The van der Waals surface area contributed by atoms with Crippen LogP contribution in [0.3, 0.4) is 0 Å². The Labute approximate surface area is 166 Å². The Morgan fingerprint density at radius 1 is 1.00 bits per heavy atom. The lowest BCUT2D eigenvalue weighted by Crippen LogP contribution is -2.39. The van der Waals surface area contributed by atoms with E-state index in [-0.39, 0.29) is 23.9 Å². The quantitative estimate of drug-likeness (QED) is 0.821. The number of amides is 1. The van der Waals surface area contributed by atoms with Crippen LogP contribution in [0.15, 0.2) is 36.4 Å². The summed E-state index contributed by atoms with van der Waals surface area (Å²) in [6.07, 6.45) is 3.24. The Morgan fingerprint density at radius 3 is 2.44 bits per heavy atom. The summed E-state index contributed by atoms with van der Waals surface area (Å²) in [6, 6.07) is 11.9. The van der Waals surface area contributed by atoms with Gasteiger partial charge in [-0.2, -0.15) is 0 Å². The zero-order chi connectivity index (χ0) is 18.3. The first-order valence-electron chi connectivity index (χ1n) is 9.44. The maximum atomic E-state index is 14.7. The molecular weight excluding hydrogens is 363 g/mol. The molecule has 2 aliphatic heterocycles. The maximum Gasteiger partial charge on any atom is 0.256 e. The van der Waals surface area contributed by atoms with Crippen molar-refractivity contribution in [1.29, 1.82) is 0 Å². The minimum atomic E-state index is -0.437. The zero-order valence-electron chi connectivity index (χ0n) is 15.8. The minimum absolute atomic E-state index is 0. The minimum Gasteiger partial charge on any atom is -0.337 e. The van der Waals surface area contributed by atoms with Crippen molar-refractivity contribution in [1.82, 2.24) is 10.2 Å². The molecule has 0 saturated carbocycles. The van der Waals surface area contributed by atoms with E-state index in [1.165, 1.54) is 23.6 Å². The fourth-order valence-corrected chi connectivity index (χ4v) is 4.09. The molecule has 2 saturated heterocycles. The first-order chi connectivity index (χ1) is 12.5. The number of carbonyl (C=O) groups excluding carboxylic acids is 1. The van der Waals surface area contributed by atoms with E-state index in [2.05, 4.69) is 18.3 Å². The van der Waals surface area contributed by atoms with Crippen LogP contribution < -0.4 is 5.32 Å². The molecule has 0 radical (unpaired) electrons. The molecule has 4 rings (SSSR count). The summed E-state index contributed by atoms with van der Waals surface area (Å²) in [5.74, 6) is -0.628. The molecule has 2 fully saturated rings. The molecule has 144 valence electrons. The number of likely N-dealkylation sites (tertiary alicyclic amines) is 1. The topological polar surface area (TPSA) is 32.3 Å². The Morgan fingerprint density at radius 2 is 1.70 bits per heavy atom. The summed E-state index contributed by atoms with van der Waals surface area (Å²) >= 11 is 0. The first-order valence-corrected chi connectivity index (χ1v) is 9.44. The van der Waals surface area contributed by atoms with Crippen LogP contribution in [0, 0.1) is 19.7 Å². The van der Waals surface area contributed by atoms with Gasteiger partial charge in [0.25, 0.3) is 5.91 Å². The van der Waals surface area contributed by atoms with Crippen LogP contribution >= 0.6 is 12.4 Å². The van der Waals surface area contributed by atoms with Crippen molar-refractivity contribution in [2.24, 2.45) is 0 Å². The fourth-order valence-electron chi connectivity index (χ4n) is 4.09. The predicted molar refractivity (Wildman–Crippen MR) is 109 cm³/mol. The molecule has 1 amide bonds. The van der Waals surface area contributed by atoms with E-state index in [1.807, 2.05) is 30.0 Å². The molecule has 2 unspecified atom stereocenters. The van der Waals surface area contributed by atoms with E-state index in [1.54, 1.807) is 6.07 Å². The van der Waals surface area contributed by atoms with E-state index >= 15 is 0 Å². The van der Waals surface area contributed by atoms with Crippen LogP contribution in [0.2, 0.25) is 0 Å². The molecule has 0 aromatic heterocycles. The van der Waals surface area contributed by atoms with E-state index in [4.69, 9.17) is 0 Å². The van der Waals surface area contributed by atoms with Crippen molar-refractivity contribution in [2.45, 2.75) is 45.2 Å². The van der Waals surface area contributed by atoms with Crippen molar-refractivity contribution >= 4 is 18.3 Å². The molecule has 2 heterocycles. The smallest absolute Gasteiger partial charge is 0.256 e. The first kappa shape index (κ1) is 19.8. The SMILES string of the molecule is Cc1ccc(-c2ccc(C(=O)N3CCC4CCC(C3)N4)c(F)c2)cc1C.Cl. The van der Waals surface area contributed by atoms with Gasteiger partial charge in [-0.25, -0.2) is 4.39 Å². The fraction of sp³-hybridized carbons (Fsp3) is 0.409. The third-order valence-corrected chi connectivity index (χ3v) is 5.85.